The van der Waals surface area contributed by atoms with Crippen molar-refractivity contribution in [2.45, 2.75) is 37.9 Å². The van der Waals surface area contributed by atoms with Crippen LogP contribution in [0, 0.1) is 11.6 Å². The first-order valence-electron chi connectivity index (χ1n) is 7.76. The van der Waals surface area contributed by atoms with Crippen LogP contribution in [0.4, 0.5) is 39.4 Å². The van der Waals surface area contributed by atoms with Crippen molar-refractivity contribution in [3.8, 4) is 0 Å². The number of hydrogen-bond donors (Lipinski definition) is 2. The van der Waals surface area contributed by atoms with Gasteiger partial charge in [0.1, 0.15) is 17.5 Å². The first kappa shape index (κ1) is 17.4. The van der Waals surface area contributed by atoms with Crippen molar-refractivity contribution in [3.05, 3.63) is 41.6 Å². The molecule has 1 heterocycles. The molecule has 1 aromatic carbocycles. The summed E-state index contributed by atoms with van der Waals surface area (Å²) in [6.45, 7) is 0. The number of aromatic nitrogens is 2. The van der Waals surface area contributed by atoms with Crippen LogP contribution in [-0.4, -0.2) is 16.0 Å². The van der Waals surface area contributed by atoms with E-state index in [0.29, 0.717) is 6.07 Å². The molecule has 0 amide bonds. The maximum absolute atomic E-state index is 13.7. The number of benzene rings is 1. The summed E-state index contributed by atoms with van der Waals surface area (Å²) in [6, 6.07) is 3.29. The van der Waals surface area contributed by atoms with Gasteiger partial charge in [-0.3, -0.25) is 0 Å². The third-order valence-corrected chi connectivity index (χ3v) is 3.90. The second kappa shape index (κ2) is 6.81. The third-order valence-electron chi connectivity index (χ3n) is 3.90. The molecule has 9 heteroatoms. The fourth-order valence-corrected chi connectivity index (χ4v) is 2.71. The van der Waals surface area contributed by atoms with Crippen LogP contribution in [0.2, 0.25) is 0 Å². The Labute approximate surface area is 140 Å². The van der Waals surface area contributed by atoms with E-state index in [4.69, 9.17) is 0 Å². The summed E-state index contributed by atoms with van der Waals surface area (Å²) in [4.78, 5) is 7.45. The predicted molar refractivity (Wildman–Crippen MR) is 82.6 cm³/mol. The molecule has 0 atom stereocenters. The van der Waals surface area contributed by atoms with Gasteiger partial charge < -0.3 is 10.6 Å². The minimum atomic E-state index is -4.69. The lowest BCUT2D eigenvalue weighted by atomic mass is 10.2. The predicted octanol–water partition coefficient (Wildman–Crippen LogP) is 4.87. The maximum Gasteiger partial charge on any atom is 0.433 e. The van der Waals surface area contributed by atoms with Gasteiger partial charge in [0.05, 0.1) is 5.69 Å². The SMILES string of the molecule is Fc1ccc(F)c(Nc2cc(C(F)(F)F)nc(NC3CCCC3)n2)c1. The van der Waals surface area contributed by atoms with E-state index >= 15 is 0 Å². The monoisotopic (exact) mass is 358 g/mol. The lowest BCUT2D eigenvalue weighted by Gasteiger charge is -2.16. The number of anilines is 3. The van der Waals surface area contributed by atoms with Crippen LogP contribution in [0.1, 0.15) is 31.4 Å². The molecule has 0 saturated heterocycles. The van der Waals surface area contributed by atoms with Crippen LogP contribution in [0.3, 0.4) is 0 Å². The van der Waals surface area contributed by atoms with Gasteiger partial charge in [0.25, 0.3) is 0 Å². The Bertz CT molecular complexity index is 757. The normalized spacial score (nSPS) is 15.4. The average molecular weight is 358 g/mol. The van der Waals surface area contributed by atoms with E-state index in [9.17, 15) is 22.0 Å². The molecule has 0 spiro atoms. The van der Waals surface area contributed by atoms with Gasteiger partial charge in [-0.15, -0.1) is 0 Å². The van der Waals surface area contributed by atoms with Crippen molar-refractivity contribution in [1.82, 2.24) is 9.97 Å². The fraction of sp³-hybridized carbons (Fsp3) is 0.375. The Morgan fingerprint density at radius 3 is 2.40 bits per heavy atom. The van der Waals surface area contributed by atoms with Gasteiger partial charge in [0.15, 0.2) is 5.69 Å². The van der Waals surface area contributed by atoms with E-state index in [-0.39, 0.29) is 23.5 Å². The highest BCUT2D eigenvalue weighted by molar-refractivity contribution is 5.58. The van der Waals surface area contributed by atoms with E-state index in [0.717, 1.165) is 43.9 Å². The lowest BCUT2D eigenvalue weighted by Crippen LogP contribution is -2.19. The highest BCUT2D eigenvalue weighted by Crippen LogP contribution is 2.31. The summed E-state index contributed by atoms with van der Waals surface area (Å²) in [6.07, 6.45) is -1.08. The molecule has 1 aliphatic rings. The third kappa shape index (κ3) is 4.34. The summed E-state index contributed by atoms with van der Waals surface area (Å²) >= 11 is 0. The molecule has 0 bridgehead atoms. The number of nitrogens with one attached hydrogen (secondary N) is 2. The van der Waals surface area contributed by atoms with Crippen molar-refractivity contribution < 1.29 is 22.0 Å². The molecule has 3 rings (SSSR count). The number of alkyl halides is 3. The zero-order chi connectivity index (χ0) is 18.0. The van der Waals surface area contributed by atoms with E-state index < -0.39 is 23.5 Å². The smallest absolute Gasteiger partial charge is 0.351 e. The molecule has 0 radical (unpaired) electrons. The summed E-state index contributed by atoms with van der Waals surface area (Å²) < 4.78 is 66.1. The first-order valence-corrected chi connectivity index (χ1v) is 7.76. The summed E-state index contributed by atoms with van der Waals surface area (Å²) in [7, 11) is 0. The van der Waals surface area contributed by atoms with E-state index in [1.807, 2.05) is 0 Å². The topological polar surface area (TPSA) is 49.8 Å². The molecule has 25 heavy (non-hydrogen) atoms. The Hall–Kier alpha value is -2.45. The van der Waals surface area contributed by atoms with Crippen LogP contribution < -0.4 is 10.6 Å². The molecule has 1 saturated carbocycles. The number of rotatable bonds is 4. The Kier molecular flexibility index (Phi) is 4.73. The molecule has 0 unspecified atom stereocenters. The van der Waals surface area contributed by atoms with Gasteiger partial charge >= 0.3 is 6.18 Å². The molecule has 2 N–H and O–H groups in total. The van der Waals surface area contributed by atoms with Gasteiger partial charge in [-0.1, -0.05) is 12.8 Å². The lowest BCUT2D eigenvalue weighted by molar-refractivity contribution is -0.141. The van der Waals surface area contributed by atoms with E-state index in [1.165, 1.54) is 0 Å². The molecule has 134 valence electrons. The first-order chi connectivity index (χ1) is 11.8. The second-order valence-electron chi connectivity index (χ2n) is 5.83. The zero-order valence-corrected chi connectivity index (χ0v) is 13.0. The standard InChI is InChI=1S/C16H15F5N4/c17-9-5-6-11(18)12(7-9)23-14-8-13(16(19,20)21)24-15(25-14)22-10-3-1-2-4-10/h5-8,10H,1-4H2,(H2,22,23,24,25). The van der Waals surface area contributed by atoms with Crippen molar-refractivity contribution in [2.75, 3.05) is 10.6 Å². The van der Waals surface area contributed by atoms with Crippen molar-refractivity contribution >= 4 is 17.5 Å². The van der Waals surface area contributed by atoms with Gasteiger partial charge in [-0.25, -0.2) is 13.8 Å². The van der Waals surface area contributed by atoms with Crippen LogP contribution in [0.15, 0.2) is 24.3 Å². The van der Waals surface area contributed by atoms with E-state index in [1.54, 1.807) is 0 Å². The molecule has 2 aromatic rings. The summed E-state index contributed by atoms with van der Waals surface area (Å²) in [5.74, 6) is -1.99. The Morgan fingerprint density at radius 2 is 1.72 bits per heavy atom. The van der Waals surface area contributed by atoms with Crippen molar-refractivity contribution in [2.24, 2.45) is 0 Å². The van der Waals surface area contributed by atoms with Crippen LogP contribution in [0.25, 0.3) is 0 Å². The highest BCUT2D eigenvalue weighted by Gasteiger charge is 2.34. The number of halogens is 5. The van der Waals surface area contributed by atoms with Gasteiger partial charge in [-0.2, -0.15) is 18.2 Å². The molecule has 1 fully saturated rings. The molecule has 1 aromatic heterocycles. The number of hydrogen-bond acceptors (Lipinski definition) is 4. The largest absolute Gasteiger partial charge is 0.433 e. The van der Waals surface area contributed by atoms with Gasteiger partial charge in [-0.05, 0) is 25.0 Å². The molecule has 1 aliphatic carbocycles. The van der Waals surface area contributed by atoms with Crippen LogP contribution in [-0.2, 0) is 6.18 Å². The highest BCUT2D eigenvalue weighted by atomic mass is 19.4. The van der Waals surface area contributed by atoms with E-state index in [2.05, 4.69) is 20.6 Å². The fourth-order valence-electron chi connectivity index (χ4n) is 2.71. The summed E-state index contributed by atoms with van der Waals surface area (Å²) in [5.41, 5.74) is -1.47. The quantitative estimate of drug-likeness (QED) is 0.766. The average Bonchev–Trinajstić information content (AvgIpc) is 3.03. The van der Waals surface area contributed by atoms with Crippen molar-refractivity contribution in [3.63, 3.8) is 0 Å². The van der Waals surface area contributed by atoms with Crippen molar-refractivity contribution in [1.29, 1.82) is 0 Å². The number of nitrogens with zero attached hydrogens (tertiary/aromatic N) is 2. The second-order valence-corrected chi connectivity index (χ2v) is 5.83. The van der Waals surface area contributed by atoms with Crippen LogP contribution >= 0.6 is 0 Å². The minimum Gasteiger partial charge on any atom is -0.351 e. The molecule has 4 nitrogen and oxygen atoms in total. The van der Waals surface area contributed by atoms with Gasteiger partial charge in [0, 0.05) is 18.2 Å². The minimum absolute atomic E-state index is 0.00207. The molecule has 0 aliphatic heterocycles. The maximum atomic E-state index is 13.7. The Balaban J connectivity index is 1.92. The van der Waals surface area contributed by atoms with Gasteiger partial charge in [0.2, 0.25) is 5.95 Å². The zero-order valence-electron chi connectivity index (χ0n) is 13.0. The molecular formula is C16H15F5N4. The Morgan fingerprint density at radius 1 is 1.00 bits per heavy atom. The molecular weight excluding hydrogens is 343 g/mol. The summed E-state index contributed by atoms with van der Waals surface area (Å²) in [5, 5.41) is 5.26. The van der Waals surface area contributed by atoms with Crippen LogP contribution in [0.5, 0.6) is 0 Å².